The molecule has 3 atom stereocenters. The number of benzene rings is 4. The van der Waals surface area contributed by atoms with Crippen LogP contribution in [0.5, 0.6) is 17.2 Å². The first-order valence-corrected chi connectivity index (χ1v) is 22.4. The molecule has 14 heteroatoms. The molecule has 0 bridgehead atoms. The minimum absolute atomic E-state index is 0.0220. The molecule has 6 heterocycles. The summed E-state index contributed by atoms with van der Waals surface area (Å²) in [5.74, 6) is -0.720. The molecule has 1 amide bonds. The summed E-state index contributed by atoms with van der Waals surface area (Å²) in [7, 11) is 0. The molecule has 64 heavy (non-hydrogen) atoms. The van der Waals surface area contributed by atoms with Gasteiger partial charge in [-0.3, -0.25) is 14.4 Å². The Balaban J connectivity index is 0.803. The third kappa shape index (κ3) is 7.21. The molecule has 2 fully saturated rings. The van der Waals surface area contributed by atoms with Crippen LogP contribution in [-0.4, -0.2) is 69.2 Å². The van der Waals surface area contributed by atoms with E-state index < -0.39 is 29.1 Å². The number of amides is 1. The average molecular weight is 885 g/mol. The fourth-order valence-corrected chi connectivity index (χ4v) is 11.2. The monoisotopic (exact) mass is 884 g/mol. The number of likely N-dealkylation sites (tertiary alicyclic amines) is 1. The van der Waals surface area contributed by atoms with E-state index in [2.05, 4.69) is 64.7 Å². The van der Waals surface area contributed by atoms with Crippen molar-refractivity contribution < 1.29 is 32.5 Å². The first kappa shape index (κ1) is 41.6. The molecule has 2 saturated heterocycles. The first-order valence-electron chi connectivity index (χ1n) is 21.6. The number of carbonyl (C=O) groups is 1. The number of fused-ring (bicyclic) bond motifs is 4. The van der Waals surface area contributed by atoms with Gasteiger partial charge in [0.2, 0.25) is 0 Å². The van der Waals surface area contributed by atoms with Crippen LogP contribution in [0.4, 0.5) is 18.9 Å². The molecule has 0 saturated carbocycles. The molecule has 4 aromatic carbocycles. The molecule has 2 aromatic heterocycles. The Morgan fingerprint density at radius 2 is 1.66 bits per heavy atom. The van der Waals surface area contributed by atoms with Crippen molar-refractivity contribution in [1.29, 1.82) is 0 Å². The van der Waals surface area contributed by atoms with Crippen LogP contribution in [0.25, 0.3) is 16.1 Å². The zero-order valence-corrected chi connectivity index (χ0v) is 37.0. The van der Waals surface area contributed by atoms with Gasteiger partial charge in [-0.25, -0.2) is 13.2 Å². The second-order valence-corrected chi connectivity index (χ2v) is 18.7. The number of hydrogen-bond acceptors (Lipinski definition) is 9. The van der Waals surface area contributed by atoms with Gasteiger partial charge in [0.25, 0.3) is 5.91 Å². The van der Waals surface area contributed by atoms with E-state index in [0.29, 0.717) is 53.4 Å². The zero-order valence-electron chi connectivity index (χ0n) is 36.2. The number of aromatic hydroxyl groups is 1. The van der Waals surface area contributed by atoms with Crippen molar-refractivity contribution in [3.05, 3.63) is 146 Å². The fourth-order valence-electron chi connectivity index (χ4n) is 9.99. The Labute approximate surface area is 373 Å². The minimum atomic E-state index is -1.07. The van der Waals surface area contributed by atoms with Gasteiger partial charge >= 0.3 is 0 Å². The van der Waals surface area contributed by atoms with Crippen molar-refractivity contribution in [2.24, 2.45) is 10.4 Å². The van der Waals surface area contributed by atoms with Gasteiger partial charge in [-0.05, 0) is 113 Å². The van der Waals surface area contributed by atoms with Gasteiger partial charge in [0.15, 0.2) is 12.4 Å². The lowest BCUT2D eigenvalue weighted by atomic mass is 9.79. The number of anilines is 1. The molecule has 1 unspecified atom stereocenters. The number of piperidine rings is 1. The lowest BCUT2D eigenvalue weighted by molar-refractivity contribution is -0.136. The van der Waals surface area contributed by atoms with Gasteiger partial charge in [-0.2, -0.15) is 0 Å². The maximum atomic E-state index is 15.3. The Morgan fingerprint density at radius 3 is 2.41 bits per heavy atom. The molecule has 6 aromatic rings. The van der Waals surface area contributed by atoms with Crippen LogP contribution in [0.1, 0.15) is 95.2 Å². The van der Waals surface area contributed by atoms with E-state index in [1.165, 1.54) is 22.6 Å². The molecule has 0 aliphatic carbocycles. The maximum absolute atomic E-state index is 15.3. The van der Waals surface area contributed by atoms with E-state index in [1.54, 1.807) is 48.6 Å². The standard InChI is InChI=1S/C50H47F3N6O4S/c1-27-30(4)64-49-44(27)46(54-29(3)48-56-55-31(5)59(48)49)32-7-11-35(12-8-32)57-20-18-50(25-57)17-6-19-58(26-50)42(61)24-62-37-14-9-33(10-15-37)47-43(45-39(52)21-34(51)22-40(45)53)28(2)38-23-36(60)13-16-41(38)63-47/h7-16,21-23,29,47,60H,6,17-20,24-26H2,1-5H3/t29-,47-,50?/m0/s1. The number of aryl methyl sites for hydroxylation is 2. The maximum Gasteiger partial charge on any atom is 0.260 e. The number of halogens is 3. The summed E-state index contributed by atoms with van der Waals surface area (Å²) in [4.78, 5) is 24.5. The first-order chi connectivity index (χ1) is 30.8. The Morgan fingerprint density at radius 1 is 0.906 bits per heavy atom. The summed E-state index contributed by atoms with van der Waals surface area (Å²) < 4.78 is 59.0. The molecule has 10 rings (SSSR count). The predicted molar refractivity (Wildman–Crippen MR) is 241 cm³/mol. The Hall–Kier alpha value is -6.41. The van der Waals surface area contributed by atoms with Crippen LogP contribution in [0.3, 0.4) is 0 Å². The normalized spacial score (nSPS) is 20.4. The molecule has 328 valence electrons. The molecule has 4 aliphatic heterocycles. The number of hydrogen-bond donors (Lipinski definition) is 1. The van der Waals surface area contributed by atoms with Crippen LogP contribution >= 0.6 is 11.3 Å². The minimum Gasteiger partial charge on any atom is -0.508 e. The van der Waals surface area contributed by atoms with Crippen LogP contribution in [0.2, 0.25) is 0 Å². The largest absolute Gasteiger partial charge is 0.508 e. The van der Waals surface area contributed by atoms with Gasteiger partial charge in [-0.1, -0.05) is 24.3 Å². The SMILES string of the molecule is CC1=C(c2c(F)cc(F)cc2F)[C@H](c2ccc(OCC(=O)N3CCCC4(CCN(c5ccc(C6=N[C@@H](C)c7nnc(C)n7-c7sc(C)c(C)c76)cc5)C4)C3)cc2)Oc2ccc(O)cc21. The summed E-state index contributed by atoms with van der Waals surface area (Å²) in [6.45, 7) is 13.0. The van der Waals surface area contributed by atoms with Crippen molar-refractivity contribution in [2.75, 3.05) is 37.7 Å². The topological polar surface area (TPSA) is 105 Å². The highest BCUT2D eigenvalue weighted by atomic mass is 32.1. The van der Waals surface area contributed by atoms with Crippen molar-refractivity contribution in [3.8, 4) is 22.2 Å². The quantitative estimate of drug-likeness (QED) is 0.170. The Kier molecular flexibility index (Phi) is 10.4. The van der Waals surface area contributed by atoms with Gasteiger partial charge in [0, 0.05) is 76.6 Å². The number of carbonyl (C=O) groups excluding carboxylic acids is 1. The number of phenolic OH excluding ortho intramolecular Hbond substituents is 1. The number of ether oxygens (including phenoxy) is 2. The van der Waals surface area contributed by atoms with E-state index in [1.807, 2.05) is 11.8 Å². The van der Waals surface area contributed by atoms with Gasteiger partial charge in [0.1, 0.15) is 57.7 Å². The van der Waals surface area contributed by atoms with E-state index in [-0.39, 0.29) is 35.3 Å². The summed E-state index contributed by atoms with van der Waals surface area (Å²) in [5.41, 5.74) is 6.79. The van der Waals surface area contributed by atoms with Crippen LogP contribution < -0.4 is 14.4 Å². The molecule has 10 nitrogen and oxygen atoms in total. The van der Waals surface area contributed by atoms with Crippen molar-refractivity contribution in [3.63, 3.8) is 0 Å². The van der Waals surface area contributed by atoms with Crippen molar-refractivity contribution in [2.45, 2.75) is 66.0 Å². The van der Waals surface area contributed by atoms with Crippen molar-refractivity contribution >= 4 is 39.8 Å². The third-order valence-corrected chi connectivity index (χ3v) is 14.6. The number of aliphatic imine (C=N–C) groups is 1. The number of allylic oxidation sites excluding steroid dienone is 1. The lowest BCUT2D eigenvalue weighted by Gasteiger charge is -2.40. The van der Waals surface area contributed by atoms with E-state index in [0.717, 1.165) is 71.5 Å². The summed E-state index contributed by atoms with van der Waals surface area (Å²) in [6, 6.07) is 21.2. The molecule has 1 N–H and O–H groups in total. The Bertz CT molecular complexity index is 2880. The lowest BCUT2D eigenvalue weighted by Crippen LogP contribution is -2.48. The predicted octanol–water partition coefficient (Wildman–Crippen LogP) is 10.3. The summed E-state index contributed by atoms with van der Waals surface area (Å²) in [5, 5.41) is 20.2. The van der Waals surface area contributed by atoms with Gasteiger partial charge in [-0.15, -0.1) is 21.5 Å². The highest BCUT2D eigenvalue weighted by Crippen LogP contribution is 2.49. The van der Waals surface area contributed by atoms with Gasteiger partial charge < -0.3 is 24.4 Å². The number of rotatable bonds is 7. The highest BCUT2D eigenvalue weighted by Gasteiger charge is 2.43. The van der Waals surface area contributed by atoms with Crippen LogP contribution in [0.15, 0.2) is 83.9 Å². The van der Waals surface area contributed by atoms with Crippen molar-refractivity contribution in [1.82, 2.24) is 19.7 Å². The molecular formula is C50H47F3N6O4S. The fraction of sp³-hybridized carbons (Fsp3) is 0.320. The van der Waals surface area contributed by atoms with Crippen LogP contribution in [0, 0.1) is 43.6 Å². The van der Waals surface area contributed by atoms with Gasteiger partial charge in [0.05, 0.1) is 11.3 Å². The summed E-state index contributed by atoms with van der Waals surface area (Å²) in [6.07, 6.45) is 1.97. The van der Waals surface area contributed by atoms with Crippen LogP contribution in [-0.2, 0) is 4.79 Å². The number of aromatic nitrogens is 3. The number of nitrogens with zero attached hydrogens (tertiary/aromatic N) is 6. The molecule has 4 aliphatic rings. The number of thiophene rings is 1. The second kappa shape index (κ2) is 16.0. The zero-order chi connectivity index (χ0) is 44.6. The molecule has 0 radical (unpaired) electrons. The van der Waals surface area contributed by atoms with E-state index >= 15 is 8.78 Å². The number of phenols is 1. The molecular weight excluding hydrogens is 838 g/mol. The highest BCUT2D eigenvalue weighted by molar-refractivity contribution is 7.15. The third-order valence-electron chi connectivity index (χ3n) is 13.4. The smallest absolute Gasteiger partial charge is 0.260 e. The van der Waals surface area contributed by atoms with E-state index in [4.69, 9.17) is 14.5 Å². The van der Waals surface area contributed by atoms with E-state index in [9.17, 15) is 14.3 Å². The average Bonchev–Trinajstić information content (AvgIpc) is 3.94. The molecule has 1 spiro atoms. The second-order valence-electron chi connectivity index (χ2n) is 17.5. The summed E-state index contributed by atoms with van der Waals surface area (Å²) >= 11 is 1.76.